The van der Waals surface area contributed by atoms with Crippen molar-refractivity contribution < 1.29 is 4.74 Å². The maximum Gasteiger partial charge on any atom is 0.120 e. The second-order valence-corrected chi connectivity index (χ2v) is 5.75. The zero-order valence-electron chi connectivity index (χ0n) is 10.3. The van der Waals surface area contributed by atoms with E-state index in [2.05, 4.69) is 22.0 Å². The van der Waals surface area contributed by atoms with E-state index in [-0.39, 0.29) is 5.41 Å². The third-order valence-electron chi connectivity index (χ3n) is 3.95. The lowest BCUT2D eigenvalue weighted by molar-refractivity contribution is 0.299. The molecule has 0 spiro atoms. The van der Waals surface area contributed by atoms with Crippen molar-refractivity contribution in [2.24, 2.45) is 5.73 Å². The average Bonchev–Trinajstić information content (AvgIpc) is 2.39. The maximum atomic E-state index is 6.06. The largest absolute Gasteiger partial charge is 0.497 e. The normalized spacial score (nSPS) is 19.0. The van der Waals surface area contributed by atoms with Gasteiger partial charge in [0, 0.05) is 16.4 Å². The van der Waals surface area contributed by atoms with Crippen molar-refractivity contribution in [3.63, 3.8) is 0 Å². The van der Waals surface area contributed by atoms with Gasteiger partial charge in [0.2, 0.25) is 0 Å². The van der Waals surface area contributed by atoms with E-state index in [0.717, 1.165) is 16.8 Å². The monoisotopic (exact) mass is 297 g/mol. The smallest absolute Gasteiger partial charge is 0.120 e. The van der Waals surface area contributed by atoms with Gasteiger partial charge in [0.1, 0.15) is 5.75 Å². The Morgan fingerprint density at radius 2 is 2.00 bits per heavy atom. The van der Waals surface area contributed by atoms with Crippen LogP contribution in [0.3, 0.4) is 0 Å². The van der Waals surface area contributed by atoms with Crippen molar-refractivity contribution in [3.8, 4) is 5.75 Å². The van der Waals surface area contributed by atoms with Crippen molar-refractivity contribution in [2.75, 3.05) is 13.7 Å². The molecule has 0 heterocycles. The Labute approximate surface area is 112 Å². The molecule has 1 aliphatic rings. The third kappa shape index (κ3) is 2.50. The highest BCUT2D eigenvalue weighted by atomic mass is 79.9. The molecular formula is C14H20BrNO. The molecule has 2 rings (SSSR count). The van der Waals surface area contributed by atoms with E-state index < -0.39 is 0 Å². The molecule has 0 amide bonds. The van der Waals surface area contributed by atoms with Gasteiger partial charge in [-0.05, 0) is 30.5 Å². The van der Waals surface area contributed by atoms with Crippen LogP contribution in [0, 0.1) is 0 Å². The second-order valence-electron chi connectivity index (χ2n) is 4.89. The highest BCUT2D eigenvalue weighted by molar-refractivity contribution is 9.10. The van der Waals surface area contributed by atoms with Gasteiger partial charge in [-0.25, -0.2) is 0 Å². The van der Waals surface area contributed by atoms with Crippen LogP contribution in [0.5, 0.6) is 5.75 Å². The summed E-state index contributed by atoms with van der Waals surface area (Å²) in [5, 5.41) is 0. The van der Waals surface area contributed by atoms with Crippen LogP contribution < -0.4 is 10.5 Å². The highest BCUT2D eigenvalue weighted by Crippen LogP contribution is 2.42. The van der Waals surface area contributed by atoms with E-state index >= 15 is 0 Å². The Morgan fingerprint density at radius 1 is 1.29 bits per heavy atom. The number of benzene rings is 1. The molecule has 94 valence electrons. The van der Waals surface area contributed by atoms with Gasteiger partial charge in [-0.2, -0.15) is 0 Å². The van der Waals surface area contributed by atoms with Crippen LogP contribution in [0.4, 0.5) is 0 Å². The lowest BCUT2D eigenvalue weighted by Gasteiger charge is -2.37. The van der Waals surface area contributed by atoms with Crippen LogP contribution in [0.15, 0.2) is 22.7 Å². The van der Waals surface area contributed by atoms with Gasteiger partial charge in [-0.3, -0.25) is 0 Å². The fourth-order valence-corrected chi connectivity index (χ4v) is 3.64. The Bertz CT molecular complexity index is 386. The molecule has 1 aromatic carbocycles. The van der Waals surface area contributed by atoms with E-state index in [4.69, 9.17) is 10.5 Å². The Balaban J connectivity index is 2.36. The molecule has 0 atom stereocenters. The van der Waals surface area contributed by atoms with Gasteiger partial charge < -0.3 is 10.5 Å². The molecule has 0 unspecified atom stereocenters. The first-order valence-electron chi connectivity index (χ1n) is 6.26. The number of methoxy groups -OCH3 is 1. The third-order valence-corrected chi connectivity index (χ3v) is 4.61. The van der Waals surface area contributed by atoms with Gasteiger partial charge in [0.15, 0.2) is 0 Å². The second kappa shape index (κ2) is 5.40. The van der Waals surface area contributed by atoms with E-state index in [9.17, 15) is 0 Å². The summed E-state index contributed by atoms with van der Waals surface area (Å²) >= 11 is 3.66. The van der Waals surface area contributed by atoms with Crippen LogP contribution in [-0.2, 0) is 5.41 Å². The summed E-state index contributed by atoms with van der Waals surface area (Å²) in [4.78, 5) is 0. The number of rotatable bonds is 3. The molecule has 17 heavy (non-hydrogen) atoms. The summed E-state index contributed by atoms with van der Waals surface area (Å²) in [6.45, 7) is 0.734. The quantitative estimate of drug-likeness (QED) is 0.925. The molecule has 0 aliphatic heterocycles. The molecule has 1 saturated carbocycles. The molecule has 2 N–H and O–H groups in total. The summed E-state index contributed by atoms with van der Waals surface area (Å²) in [5.74, 6) is 0.892. The molecular weight excluding hydrogens is 278 g/mol. The zero-order chi connectivity index (χ0) is 12.3. The number of nitrogens with two attached hydrogens (primary N) is 1. The molecule has 0 saturated heterocycles. The van der Waals surface area contributed by atoms with Crippen LogP contribution >= 0.6 is 15.9 Å². The minimum atomic E-state index is 0.170. The van der Waals surface area contributed by atoms with Crippen LogP contribution in [0.2, 0.25) is 0 Å². The Morgan fingerprint density at radius 3 is 2.53 bits per heavy atom. The number of hydrogen-bond acceptors (Lipinski definition) is 2. The fourth-order valence-electron chi connectivity index (χ4n) is 2.86. The van der Waals surface area contributed by atoms with Crippen LogP contribution in [0.1, 0.15) is 37.7 Å². The standard InChI is InChI=1S/C14H20BrNO/c1-17-11-5-6-12(13(15)9-11)14(10-16)7-3-2-4-8-14/h5-6,9H,2-4,7-8,10,16H2,1H3. The minimum Gasteiger partial charge on any atom is -0.497 e. The lowest BCUT2D eigenvalue weighted by atomic mass is 9.69. The van der Waals surface area contributed by atoms with Crippen LogP contribution in [-0.4, -0.2) is 13.7 Å². The molecule has 1 aromatic rings. The van der Waals surface area contributed by atoms with Gasteiger partial charge in [0.25, 0.3) is 0 Å². The summed E-state index contributed by atoms with van der Waals surface area (Å²) in [6, 6.07) is 6.24. The molecule has 0 bridgehead atoms. The van der Waals surface area contributed by atoms with Gasteiger partial charge >= 0.3 is 0 Å². The molecule has 3 heteroatoms. The summed E-state index contributed by atoms with van der Waals surface area (Å²) in [7, 11) is 1.70. The average molecular weight is 298 g/mol. The first-order chi connectivity index (χ1) is 8.22. The fraction of sp³-hybridized carbons (Fsp3) is 0.571. The van der Waals surface area contributed by atoms with Crippen molar-refractivity contribution in [1.82, 2.24) is 0 Å². The topological polar surface area (TPSA) is 35.2 Å². The number of ether oxygens (including phenoxy) is 1. The van der Waals surface area contributed by atoms with Crippen molar-refractivity contribution >= 4 is 15.9 Å². The number of halogens is 1. The molecule has 1 aliphatic carbocycles. The number of hydrogen-bond donors (Lipinski definition) is 1. The SMILES string of the molecule is COc1ccc(C2(CN)CCCCC2)c(Br)c1. The molecule has 0 aromatic heterocycles. The first kappa shape index (κ1) is 12.9. The van der Waals surface area contributed by atoms with E-state index in [0.29, 0.717) is 0 Å². The summed E-state index contributed by atoms with van der Waals surface area (Å²) in [5.41, 5.74) is 7.58. The predicted octanol–water partition coefficient (Wildman–Crippen LogP) is 3.62. The maximum absolute atomic E-state index is 6.06. The van der Waals surface area contributed by atoms with Gasteiger partial charge in [0.05, 0.1) is 7.11 Å². The first-order valence-corrected chi connectivity index (χ1v) is 7.05. The van der Waals surface area contributed by atoms with Crippen molar-refractivity contribution in [1.29, 1.82) is 0 Å². The minimum absolute atomic E-state index is 0.170. The summed E-state index contributed by atoms with van der Waals surface area (Å²) in [6.07, 6.45) is 6.32. The molecule has 1 fully saturated rings. The van der Waals surface area contributed by atoms with E-state index in [1.54, 1.807) is 7.11 Å². The van der Waals surface area contributed by atoms with Gasteiger partial charge in [-0.15, -0.1) is 0 Å². The zero-order valence-corrected chi connectivity index (χ0v) is 11.9. The molecule has 2 nitrogen and oxygen atoms in total. The highest BCUT2D eigenvalue weighted by Gasteiger charge is 2.33. The van der Waals surface area contributed by atoms with E-state index in [1.807, 2.05) is 12.1 Å². The van der Waals surface area contributed by atoms with Crippen LogP contribution in [0.25, 0.3) is 0 Å². The van der Waals surface area contributed by atoms with Gasteiger partial charge in [-0.1, -0.05) is 41.3 Å². The van der Waals surface area contributed by atoms with E-state index in [1.165, 1.54) is 37.7 Å². The Hall–Kier alpha value is -0.540. The summed E-state index contributed by atoms with van der Waals surface area (Å²) < 4.78 is 6.37. The Kier molecular flexibility index (Phi) is 4.10. The molecule has 0 radical (unpaired) electrons. The van der Waals surface area contributed by atoms with Crippen molar-refractivity contribution in [3.05, 3.63) is 28.2 Å². The van der Waals surface area contributed by atoms with Crippen molar-refractivity contribution in [2.45, 2.75) is 37.5 Å². The predicted molar refractivity (Wildman–Crippen MR) is 74.5 cm³/mol. The lowest BCUT2D eigenvalue weighted by Crippen LogP contribution is -2.37.